The number of halogens is 1. The van der Waals surface area contributed by atoms with Crippen LogP contribution in [0.25, 0.3) is 0 Å². The van der Waals surface area contributed by atoms with Crippen LogP contribution in [-0.2, 0) is 33.4 Å². The lowest BCUT2D eigenvalue weighted by Crippen LogP contribution is -2.16. The minimum atomic E-state index is -0.0601. The Morgan fingerprint density at radius 1 is 1.20 bits per heavy atom. The largest absolute Gasteiger partial charge is 0.324 e. The van der Waals surface area contributed by atoms with Gasteiger partial charge in [-0.15, -0.1) is 0 Å². The van der Waals surface area contributed by atoms with Crippen molar-refractivity contribution in [3.05, 3.63) is 33.3 Å². The molecule has 0 aliphatic heterocycles. The third-order valence-corrected chi connectivity index (χ3v) is 4.50. The second-order valence-electron chi connectivity index (χ2n) is 5.05. The second-order valence-corrected chi connectivity index (χ2v) is 5.85. The van der Waals surface area contributed by atoms with Crippen LogP contribution in [0.1, 0.15) is 42.5 Å². The molecule has 0 aliphatic rings. The molecule has 0 saturated carbocycles. The smallest absolute Gasteiger partial charge is 0.0766 e. The van der Waals surface area contributed by atoms with Crippen molar-refractivity contribution < 1.29 is 0 Å². The van der Waals surface area contributed by atoms with Crippen molar-refractivity contribution >= 4 is 15.9 Å². The molecule has 0 fully saturated rings. The molecule has 0 bridgehead atoms. The standard InChI is InChI=1S/C14H22BrN5/c1-5-11-9(8-19(3)17-11)10(16)7-13-14(15)12(6-2)18-20(13)4/h8,10H,5-7,16H2,1-4H3. The summed E-state index contributed by atoms with van der Waals surface area (Å²) in [5.74, 6) is 0. The normalized spacial score (nSPS) is 12.9. The fourth-order valence-corrected chi connectivity index (χ4v) is 3.28. The Hall–Kier alpha value is -1.14. The summed E-state index contributed by atoms with van der Waals surface area (Å²) >= 11 is 3.64. The summed E-state index contributed by atoms with van der Waals surface area (Å²) in [6.45, 7) is 4.21. The van der Waals surface area contributed by atoms with Crippen molar-refractivity contribution in [3.8, 4) is 0 Å². The maximum atomic E-state index is 6.39. The Morgan fingerprint density at radius 3 is 2.40 bits per heavy atom. The maximum Gasteiger partial charge on any atom is 0.0766 e. The Kier molecular flexibility index (Phi) is 4.65. The van der Waals surface area contributed by atoms with Gasteiger partial charge >= 0.3 is 0 Å². The van der Waals surface area contributed by atoms with Crippen LogP contribution < -0.4 is 5.73 Å². The van der Waals surface area contributed by atoms with Gasteiger partial charge < -0.3 is 5.73 Å². The summed E-state index contributed by atoms with van der Waals surface area (Å²) in [6, 6.07) is -0.0601. The average molecular weight is 340 g/mol. The Morgan fingerprint density at radius 2 is 1.85 bits per heavy atom. The van der Waals surface area contributed by atoms with E-state index < -0.39 is 0 Å². The highest BCUT2D eigenvalue weighted by Gasteiger charge is 2.19. The minimum Gasteiger partial charge on any atom is -0.324 e. The van der Waals surface area contributed by atoms with Gasteiger partial charge in [-0.25, -0.2) is 0 Å². The van der Waals surface area contributed by atoms with Crippen LogP contribution in [0.5, 0.6) is 0 Å². The first-order valence-corrected chi connectivity index (χ1v) is 7.75. The molecular formula is C14H22BrN5. The molecule has 6 heteroatoms. The van der Waals surface area contributed by atoms with Gasteiger partial charge in [0.25, 0.3) is 0 Å². The molecule has 0 aliphatic carbocycles. The molecule has 2 aromatic heterocycles. The summed E-state index contributed by atoms with van der Waals surface area (Å²) in [5.41, 5.74) is 10.8. The van der Waals surface area contributed by atoms with Crippen LogP contribution >= 0.6 is 15.9 Å². The summed E-state index contributed by atoms with van der Waals surface area (Å²) < 4.78 is 4.84. The molecule has 0 amide bonds. The predicted octanol–water partition coefficient (Wildman–Crippen LogP) is 2.28. The van der Waals surface area contributed by atoms with E-state index in [2.05, 4.69) is 40.0 Å². The molecule has 0 saturated heterocycles. The fraction of sp³-hybridized carbons (Fsp3) is 0.571. The number of hydrogen-bond acceptors (Lipinski definition) is 3. The van der Waals surface area contributed by atoms with E-state index >= 15 is 0 Å². The Labute approximate surface area is 128 Å². The van der Waals surface area contributed by atoms with Crippen molar-refractivity contribution in [2.75, 3.05) is 0 Å². The van der Waals surface area contributed by atoms with Crippen molar-refractivity contribution in [1.29, 1.82) is 0 Å². The van der Waals surface area contributed by atoms with Gasteiger partial charge in [-0.05, 0) is 28.8 Å². The molecular weight excluding hydrogens is 318 g/mol. The van der Waals surface area contributed by atoms with E-state index in [9.17, 15) is 0 Å². The quantitative estimate of drug-likeness (QED) is 0.908. The fourth-order valence-electron chi connectivity index (χ4n) is 2.50. The molecule has 0 radical (unpaired) electrons. The number of aryl methyl sites for hydroxylation is 4. The molecule has 0 spiro atoms. The van der Waals surface area contributed by atoms with E-state index in [0.717, 1.165) is 46.4 Å². The molecule has 1 unspecified atom stereocenters. The van der Waals surface area contributed by atoms with E-state index in [1.54, 1.807) is 0 Å². The highest BCUT2D eigenvalue weighted by Crippen LogP contribution is 2.26. The van der Waals surface area contributed by atoms with Crippen LogP contribution in [0.15, 0.2) is 10.7 Å². The molecule has 110 valence electrons. The van der Waals surface area contributed by atoms with Gasteiger partial charge in [0.2, 0.25) is 0 Å². The van der Waals surface area contributed by atoms with Crippen molar-refractivity contribution in [2.24, 2.45) is 19.8 Å². The monoisotopic (exact) mass is 339 g/mol. The average Bonchev–Trinajstić information content (AvgIpc) is 2.93. The Bertz CT molecular complexity index is 599. The van der Waals surface area contributed by atoms with E-state index in [1.807, 2.05) is 29.7 Å². The zero-order valence-corrected chi connectivity index (χ0v) is 14.1. The topological polar surface area (TPSA) is 61.7 Å². The highest BCUT2D eigenvalue weighted by molar-refractivity contribution is 9.10. The van der Waals surface area contributed by atoms with Crippen LogP contribution in [0.4, 0.5) is 0 Å². The van der Waals surface area contributed by atoms with Gasteiger partial charge in [0.1, 0.15) is 0 Å². The van der Waals surface area contributed by atoms with Crippen molar-refractivity contribution in [1.82, 2.24) is 19.6 Å². The molecule has 2 aromatic rings. The van der Waals surface area contributed by atoms with Gasteiger partial charge in [0, 0.05) is 38.3 Å². The van der Waals surface area contributed by atoms with Gasteiger partial charge in [0.15, 0.2) is 0 Å². The van der Waals surface area contributed by atoms with Crippen molar-refractivity contribution in [3.63, 3.8) is 0 Å². The zero-order valence-electron chi connectivity index (χ0n) is 12.5. The number of nitrogens with zero attached hydrogens (tertiary/aromatic N) is 4. The third-order valence-electron chi connectivity index (χ3n) is 3.59. The third kappa shape index (κ3) is 2.81. The van der Waals surface area contributed by atoms with E-state index in [-0.39, 0.29) is 6.04 Å². The lowest BCUT2D eigenvalue weighted by molar-refractivity contribution is 0.633. The first kappa shape index (κ1) is 15.3. The van der Waals surface area contributed by atoms with Gasteiger partial charge in [-0.1, -0.05) is 13.8 Å². The predicted molar refractivity (Wildman–Crippen MR) is 83.5 cm³/mol. The van der Waals surface area contributed by atoms with Gasteiger partial charge in [-0.2, -0.15) is 10.2 Å². The molecule has 20 heavy (non-hydrogen) atoms. The molecule has 5 nitrogen and oxygen atoms in total. The van der Waals surface area contributed by atoms with Crippen LogP contribution in [0, 0.1) is 0 Å². The molecule has 2 rings (SSSR count). The Balaban J connectivity index is 2.27. The molecule has 0 aromatic carbocycles. The molecule has 2 N–H and O–H groups in total. The summed E-state index contributed by atoms with van der Waals surface area (Å²) in [4.78, 5) is 0. The lowest BCUT2D eigenvalue weighted by atomic mass is 10.0. The van der Waals surface area contributed by atoms with Crippen LogP contribution in [0.3, 0.4) is 0 Å². The van der Waals surface area contributed by atoms with Crippen LogP contribution in [0.2, 0.25) is 0 Å². The number of aromatic nitrogens is 4. The molecule has 1 atom stereocenters. The summed E-state index contributed by atoms with van der Waals surface area (Å²) in [5, 5.41) is 8.98. The van der Waals surface area contributed by atoms with Gasteiger partial charge in [-0.3, -0.25) is 9.36 Å². The van der Waals surface area contributed by atoms with E-state index in [0.29, 0.717) is 0 Å². The minimum absolute atomic E-state index is 0.0601. The van der Waals surface area contributed by atoms with Crippen molar-refractivity contribution in [2.45, 2.75) is 39.2 Å². The lowest BCUT2D eigenvalue weighted by Gasteiger charge is -2.12. The SMILES string of the molecule is CCc1nn(C)cc1C(N)Cc1c(Br)c(CC)nn1C. The maximum absolute atomic E-state index is 6.39. The molecule has 2 heterocycles. The summed E-state index contributed by atoms with van der Waals surface area (Å²) in [6.07, 6.45) is 4.59. The van der Waals surface area contributed by atoms with Crippen LogP contribution in [-0.4, -0.2) is 19.6 Å². The first-order valence-electron chi connectivity index (χ1n) is 6.96. The number of hydrogen-bond donors (Lipinski definition) is 1. The first-order chi connectivity index (χ1) is 9.47. The number of nitrogens with two attached hydrogens (primary N) is 1. The second kappa shape index (κ2) is 6.10. The van der Waals surface area contributed by atoms with E-state index in [4.69, 9.17) is 5.73 Å². The number of rotatable bonds is 5. The highest BCUT2D eigenvalue weighted by atomic mass is 79.9. The van der Waals surface area contributed by atoms with E-state index in [1.165, 1.54) is 0 Å². The zero-order chi connectivity index (χ0) is 14.9. The van der Waals surface area contributed by atoms with Gasteiger partial charge in [0.05, 0.1) is 21.6 Å². The summed E-state index contributed by atoms with van der Waals surface area (Å²) in [7, 11) is 3.90.